The maximum Gasteiger partial charge on any atom is 0.261 e. The molecule has 6 heteroatoms. The highest BCUT2D eigenvalue weighted by molar-refractivity contribution is 5.93. The molecule has 1 aromatic heterocycles. The minimum Gasteiger partial charge on any atom is -0.344 e. The van der Waals surface area contributed by atoms with Crippen molar-refractivity contribution in [1.82, 2.24) is 15.0 Å². The third-order valence-electron chi connectivity index (χ3n) is 4.20. The second-order valence-corrected chi connectivity index (χ2v) is 5.80. The molecule has 1 aromatic carbocycles. The van der Waals surface area contributed by atoms with Crippen LogP contribution in [-0.2, 0) is 9.59 Å². The molecule has 2 amide bonds. The highest BCUT2D eigenvalue weighted by atomic mass is 16.2. The van der Waals surface area contributed by atoms with Crippen LogP contribution in [0.2, 0.25) is 0 Å². The molecule has 1 heterocycles. The minimum absolute atomic E-state index is 0.178. The number of hydrogen-bond donors (Lipinski definition) is 2. The SMILES string of the molecule is CC(=O)NC(C(=O)Nn1cnc2ccccc21)C1CCCC1. The largest absolute Gasteiger partial charge is 0.344 e. The average Bonchev–Trinajstić information content (AvgIpc) is 3.15. The number of rotatable bonds is 4. The standard InChI is InChI=1S/C16H20N4O2/c1-11(21)18-15(12-6-2-3-7-12)16(22)19-20-10-17-13-8-4-5-9-14(13)20/h4-5,8-10,12,15H,2-3,6-7H2,1H3,(H,18,21)(H,19,22). The van der Waals surface area contributed by atoms with Gasteiger partial charge in [0.2, 0.25) is 5.91 Å². The molecule has 1 saturated carbocycles. The van der Waals surface area contributed by atoms with E-state index in [1.807, 2.05) is 24.3 Å². The molecule has 1 fully saturated rings. The highest BCUT2D eigenvalue weighted by Gasteiger charge is 2.31. The molecule has 0 bridgehead atoms. The molecule has 116 valence electrons. The van der Waals surface area contributed by atoms with Gasteiger partial charge in [0.05, 0.1) is 11.0 Å². The van der Waals surface area contributed by atoms with Crippen molar-refractivity contribution in [2.24, 2.45) is 5.92 Å². The topological polar surface area (TPSA) is 76.0 Å². The van der Waals surface area contributed by atoms with Crippen LogP contribution in [0, 0.1) is 5.92 Å². The molecule has 1 aliphatic rings. The van der Waals surface area contributed by atoms with E-state index in [0.29, 0.717) is 0 Å². The maximum atomic E-state index is 12.6. The zero-order valence-electron chi connectivity index (χ0n) is 12.6. The summed E-state index contributed by atoms with van der Waals surface area (Å²) in [6, 6.07) is 7.10. The summed E-state index contributed by atoms with van der Waals surface area (Å²) in [6.07, 6.45) is 5.76. The predicted octanol–water partition coefficient (Wildman–Crippen LogP) is 1.80. The molecule has 2 N–H and O–H groups in total. The van der Waals surface area contributed by atoms with Crippen LogP contribution in [0.3, 0.4) is 0 Å². The number of fused-ring (bicyclic) bond motifs is 1. The van der Waals surface area contributed by atoms with Crippen molar-refractivity contribution in [3.05, 3.63) is 30.6 Å². The van der Waals surface area contributed by atoms with E-state index >= 15 is 0 Å². The number of imidazole rings is 1. The third kappa shape index (κ3) is 2.95. The number of nitrogens with zero attached hydrogens (tertiary/aromatic N) is 2. The van der Waals surface area contributed by atoms with Gasteiger partial charge in [-0.1, -0.05) is 25.0 Å². The van der Waals surface area contributed by atoms with Crippen LogP contribution >= 0.6 is 0 Å². The Morgan fingerprint density at radius 3 is 2.73 bits per heavy atom. The molecule has 0 spiro atoms. The Balaban J connectivity index is 1.79. The normalized spacial score (nSPS) is 16.6. The highest BCUT2D eigenvalue weighted by Crippen LogP contribution is 2.28. The first-order chi connectivity index (χ1) is 10.6. The zero-order valence-corrected chi connectivity index (χ0v) is 12.6. The van der Waals surface area contributed by atoms with Gasteiger partial charge in [-0.15, -0.1) is 0 Å². The number of aromatic nitrogens is 2. The van der Waals surface area contributed by atoms with Gasteiger partial charge >= 0.3 is 0 Å². The third-order valence-corrected chi connectivity index (χ3v) is 4.20. The van der Waals surface area contributed by atoms with Crippen molar-refractivity contribution in [1.29, 1.82) is 0 Å². The van der Waals surface area contributed by atoms with Crippen LogP contribution in [0.25, 0.3) is 11.0 Å². The Morgan fingerprint density at radius 1 is 1.27 bits per heavy atom. The van der Waals surface area contributed by atoms with Gasteiger partial charge in [0, 0.05) is 6.92 Å². The van der Waals surface area contributed by atoms with Crippen molar-refractivity contribution < 1.29 is 9.59 Å². The monoisotopic (exact) mass is 300 g/mol. The Hall–Kier alpha value is -2.37. The molecule has 0 radical (unpaired) electrons. The fourth-order valence-electron chi connectivity index (χ4n) is 3.14. The summed E-state index contributed by atoms with van der Waals surface area (Å²) in [4.78, 5) is 28.3. The first-order valence-electron chi connectivity index (χ1n) is 7.65. The van der Waals surface area contributed by atoms with Crippen LogP contribution < -0.4 is 10.7 Å². The van der Waals surface area contributed by atoms with Gasteiger partial charge in [0.15, 0.2) is 0 Å². The van der Waals surface area contributed by atoms with Crippen LogP contribution in [0.4, 0.5) is 0 Å². The number of para-hydroxylation sites is 2. The van der Waals surface area contributed by atoms with Crippen molar-refractivity contribution in [2.45, 2.75) is 38.6 Å². The summed E-state index contributed by atoms with van der Waals surface area (Å²) in [5, 5.41) is 2.80. The van der Waals surface area contributed by atoms with E-state index in [0.717, 1.165) is 36.7 Å². The summed E-state index contributed by atoms with van der Waals surface area (Å²) in [7, 11) is 0. The average molecular weight is 300 g/mol. The van der Waals surface area contributed by atoms with E-state index in [-0.39, 0.29) is 17.7 Å². The number of carbonyl (C=O) groups is 2. The molecule has 0 aliphatic heterocycles. The van der Waals surface area contributed by atoms with Crippen LogP contribution in [0.1, 0.15) is 32.6 Å². The van der Waals surface area contributed by atoms with Gasteiger partial charge < -0.3 is 5.32 Å². The molecule has 2 aromatic rings. The van der Waals surface area contributed by atoms with E-state index in [1.165, 1.54) is 6.92 Å². The lowest BCUT2D eigenvalue weighted by atomic mass is 9.97. The predicted molar refractivity (Wildman–Crippen MR) is 83.7 cm³/mol. The number of amides is 2. The van der Waals surface area contributed by atoms with E-state index in [9.17, 15) is 9.59 Å². The van der Waals surface area contributed by atoms with E-state index in [2.05, 4.69) is 15.7 Å². The second kappa shape index (κ2) is 6.17. The number of carbonyl (C=O) groups excluding carboxylic acids is 2. The Morgan fingerprint density at radius 2 is 2.00 bits per heavy atom. The Bertz CT molecular complexity index is 688. The van der Waals surface area contributed by atoms with E-state index in [4.69, 9.17) is 0 Å². The van der Waals surface area contributed by atoms with Crippen molar-refractivity contribution in [3.8, 4) is 0 Å². The van der Waals surface area contributed by atoms with E-state index < -0.39 is 6.04 Å². The maximum absolute atomic E-state index is 12.6. The van der Waals surface area contributed by atoms with Crippen molar-refractivity contribution in [2.75, 3.05) is 5.43 Å². The molecular weight excluding hydrogens is 280 g/mol. The van der Waals surface area contributed by atoms with Crippen molar-refractivity contribution >= 4 is 22.8 Å². The van der Waals surface area contributed by atoms with Gasteiger partial charge in [-0.05, 0) is 30.9 Å². The molecule has 1 atom stereocenters. The van der Waals surface area contributed by atoms with Crippen LogP contribution in [0.15, 0.2) is 30.6 Å². The molecule has 6 nitrogen and oxygen atoms in total. The molecule has 1 unspecified atom stereocenters. The van der Waals surface area contributed by atoms with Crippen molar-refractivity contribution in [3.63, 3.8) is 0 Å². The first-order valence-corrected chi connectivity index (χ1v) is 7.65. The fourth-order valence-corrected chi connectivity index (χ4v) is 3.14. The summed E-state index contributed by atoms with van der Waals surface area (Å²) in [5.41, 5.74) is 4.50. The van der Waals surface area contributed by atoms with Crippen LogP contribution in [-0.4, -0.2) is 27.5 Å². The molecule has 1 aliphatic carbocycles. The number of nitrogens with one attached hydrogen (secondary N) is 2. The lowest BCUT2D eigenvalue weighted by Gasteiger charge is -2.23. The zero-order chi connectivity index (χ0) is 15.5. The van der Waals surface area contributed by atoms with Gasteiger partial charge in [-0.25, -0.2) is 9.66 Å². The van der Waals surface area contributed by atoms with Crippen LogP contribution in [0.5, 0.6) is 0 Å². The molecular formula is C16H20N4O2. The molecule has 0 saturated heterocycles. The Kier molecular flexibility index (Phi) is 4.09. The Labute approximate surface area is 128 Å². The van der Waals surface area contributed by atoms with Gasteiger partial charge in [0.25, 0.3) is 5.91 Å². The smallest absolute Gasteiger partial charge is 0.261 e. The quantitative estimate of drug-likeness (QED) is 0.904. The van der Waals surface area contributed by atoms with E-state index in [1.54, 1.807) is 11.0 Å². The first kappa shape index (κ1) is 14.6. The summed E-state index contributed by atoms with van der Waals surface area (Å²) in [6.45, 7) is 1.45. The summed E-state index contributed by atoms with van der Waals surface area (Å²) >= 11 is 0. The van der Waals surface area contributed by atoms with Gasteiger partial charge in [0.1, 0.15) is 12.4 Å². The lowest BCUT2D eigenvalue weighted by molar-refractivity contribution is -0.126. The van der Waals surface area contributed by atoms with Gasteiger partial charge in [-0.3, -0.25) is 15.0 Å². The summed E-state index contributed by atoms with van der Waals surface area (Å²) < 4.78 is 1.61. The molecule has 3 rings (SSSR count). The number of benzene rings is 1. The summed E-state index contributed by atoms with van der Waals surface area (Å²) in [5.74, 6) is -0.161. The minimum atomic E-state index is -0.485. The second-order valence-electron chi connectivity index (χ2n) is 5.80. The van der Waals surface area contributed by atoms with Gasteiger partial charge in [-0.2, -0.15) is 0 Å². The fraction of sp³-hybridized carbons (Fsp3) is 0.438. The lowest BCUT2D eigenvalue weighted by Crippen LogP contribution is -2.48. The molecule has 22 heavy (non-hydrogen) atoms. The number of hydrogen-bond acceptors (Lipinski definition) is 3.